The molecule has 0 saturated heterocycles. The van der Waals surface area contributed by atoms with E-state index >= 15 is 0 Å². The number of ether oxygens (including phenoxy) is 2. The minimum atomic E-state index is 0.327. The third-order valence-electron chi connectivity index (χ3n) is 3.87. The van der Waals surface area contributed by atoms with Gasteiger partial charge in [-0.05, 0) is 67.4 Å². The van der Waals surface area contributed by atoms with Crippen LogP contribution in [0.1, 0.15) is 29.2 Å². The zero-order valence-electron chi connectivity index (χ0n) is 14.4. The van der Waals surface area contributed by atoms with E-state index in [0.29, 0.717) is 17.5 Å². The normalized spacial score (nSPS) is 10.4. The number of nitrogens with one attached hydrogen (secondary N) is 1. The highest BCUT2D eigenvalue weighted by molar-refractivity contribution is 9.10. The van der Waals surface area contributed by atoms with Crippen LogP contribution in [0.4, 0.5) is 0 Å². The predicted molar refractivity (Wildman–Crippen MR) is 106 cm³/mol. The van der Waals surface area contributed by atoms with Gasteiger partial charge >= 0.3 is 0 Å². The molecule has 5 heteroatoms. The number of benzene rings is 2. The van der Waals surface area contributed by atoms with E-state index in [1.165, 1.54) is 11.1 Å². The number of rotatable bonds is 5. The molecule has 0 saturated carbocycles. The Bertz CT molecular complexity index is 746. The molecule has 0 aliphatic carbocycles. The first-order valence-corrected chi connectivity index (χ1v) is 9.06. The van der Waals surface area contributed by atoms with Gasteiger partial charge in [0.25, 0.3) is 5.17 Å². The molecule has 128 valence electrons. The van der Waals surface area contributed by atoms with Crippen LogP contribution in [0.15, 0.2) is 34.8 Å². The second kappa shape index (κ2) is 8.49. The maximum absolute atomic E-state index is 6.07. The summed E-state index contributed by atoms with van der Waals surface area (Å²) < 4.78 is 12.7. The molecule has 0 atom stereocenters. The monoisotopic (exact) mass is 407 g/mol. The van der Waals surface area contributed by atoms with Crippen LogP contribution in [0, 0.1) is 13.8 Å². The van der Waals surface area contributed by atoms with Crippen LogP contribution in [0.25, 0.3) is 0 Å². The number of hydrogen-bond acceptors (Lipinski definition) is 3. The fraction of sp³-hybridized carbons (Fsp3) is 0.316. The quantitative estimate of drug-likeness (QED) is 0.699. The minimum absolute atomic E-state index is 0.327. The maximum Gasteiger partial charge on any atom is 0.261 e. The van der Waals surface area contributed by atoms with Gasteiger partial charge in [-0.1, -0.05) is 35.0 Å². The first kappa shape index (κ1) is 18.7. The standard InChI is InChI=1S/C19H22BrNO2S/c1-5-14-9-13(3)18(10-12(14)2)22-11-15-16(20)7-6-8-17(15)23-19(24)21-4/h6-10H,5,11H2,1-4H3,(H,21,24). The number of thiocarbonyl (C=S) groups is 1. The van der Waals surface area contributed by atoms with Crippen molar-refractivity contribution in [2.45, 2.75) is 33.8 Å². The summed E-state index contributed by atoms with van der Waals surface area (Å²) in [5, 5.41) is 3.14. The average molecular weight is 408 g/mol. The van der Waals surface area contributed by atoms with Gasteiger partial charge in [0.2, 0.25) is 0 Å². The van der Waals surface area contributed by atoms with Gasteiger partial charge in [-0.15, -0.1) is 0 Å². The van der Waals surface area contributed by atoms with Crippen LogP contribution < -0.4 is 14.8 Å². The highest BCUT2D eigenvalue weighted by Crippen LogP contribution is 2.30. The Morgan fingerprint density at radius 2 is 1.92 bits per heavy atom. The Kier molecular flexibility index (Phi) is 6.63. The Labute approximate surface area is 157 Å². The summed E-state index contributed by atoms with van der Waals surface area (Å²) in [6, 6.07) is 10.0. The summed E-state index contributed by atoms with van der Waals surface area (Å²) in [6.07, 6.45) is 1.02. The predicted octanol–water partition coefficient (Wildman–Crippen LogP) is 5.09. The summed E-state index contributed by atoms with van der Waals surface area (Å²) in [7, 11) is 1.73. The van der Waals surface area contributed by atoms with Crippen LogP contribution >= 0.6 is 28.1 Å². The highest BCUT2D eigenvalue weighted by Gasteiger charge is 2.12. The molecular weight excluding hydrogens is 386 g/mol. The SMILES string of the molecule is CCc1cc(C)c(OCc2c(Br)cccc2OC(=S)NC)cc1C. The lowest BCUT2D eigenvalue weighted by Gasteiger charge is -2.16. The molecule has 2 aromatic rings. The Balaban J connectivity index is 2.23. The van der Waals surface area contributed by atoms with Crippen molar-refractivity contribution in [3.8, 4) is 11.5 Å². The second-order valence-corrected chi connectivity index (χ2v) is 6.77. The summed E-state index contributed by atoms with van der Waals surface area (Å²) in [4.78, 5) is 0. The summed E-state index contributed by atoms with van der Waals surface area (Å²) in [5.41, 5.74) is 4.66. The van der Waals surface area contributed by atoms with Gasteiger partial charge in [0.1, 0.15) is 18.1 Å². The first-order valence-electron chi connectivity index (χ1n) is 7.86. The molecule has 0 fully saturated rings. The Morgan fingerprint density at radius 1 is 1.17 bits per heavy atom. The van der Waals surface area contributed by atoms with Gasteiger partial charge in [0, 0.05) is 17.1 Å². The van der Waals surface area contributed by atoms with E-state index in [4.69, 9.17) is 21.7 Å². The summed E-state index contributed by atoms with van der Waals surface area (Å²) >= 11 is 8.66. The van der Waals surface area contributed by atoms with Crippen molar-refractivity contribution in [1.82, 2.24) is 5.32 Å². The van der Waals surface area contributed by atoms with Gasteiger partial charge < -0.3 is 14.8 Å². The fourth-order valence-electron chi connectivity index (χ4n) is 2.46. The van der Waals surface area contributed by atoms with Crippen LogP contribution in [0.3, 0.4) is 0 Å². The molecular formula is C19H22BrNO2S. The van der Waals surface area contributed by atoms with Gasteiger partial charge in [-0.3, -0.25) is 0 Å². The third kappa shape index (κ3) is 4.48. The average Bonchev–Trinajstić information content (AvgIpc) is 2.56. The van der Waals surface area contributed by atoms with Crippen molar-refractivity contribution in [2.24, 2.45) is 0 Å². The third-order valence-corrected chi connectivity index (χ3v) is 4.90. The van der Waals surface area contributed by atoms with E-state index < -0.39 is 0 Å². The number of aryl methyl sites for hydroxylation is 3. The number of halogens is 1. The molecule has 0 unspecified atom stereocenters. The zero-order chi connectivity index (χ0) is 17.7. The van der Waals surface area contributed by atoms with Gasteiger partial charge in [0.05, 0.1) is 0 Å². The lowest BCUT2D eigenvalue weighted by Crippen LogP contribution is -2.22. The van der Waals surface area contributed by atoms with Crippen molar-refractivity contribution in [2.75, 3.05) is 7.05 Å². The molecule has 3 nitrogen and oxygen atoms in total. The summed E-state index contributed by atoms with van der Waals surface area (Å²) in [6.45, 7) is 6.75. The highest BCUT2D eigenvalue weighted by atomic mass is 79.9. The second-order valence-electron chi connectivity index (χ2n) is 5.54. The van der Waals surface area contributed by atoms with Crippen LogP contribution in [0.5, 0.6) is 11.5 Å². The molecule has 0 bridgehead atoms. The Morgan fingerprint density at radius 3 is 2.58 bits per heavy atom. The van der Waals surface area contributed by atoms with Crippen LogP contribution in [0.2, 0.25) is 0 Å². The van der Waals surface area contributed by atoms with E-state index in [1.807, 2.05) is 18.2 Å². The minimum Gasteiger partial charge on any atom is -0.488 e. The van der Waals surface area contributed by atoms with E-state index in [0.717, 1.165) is 27.8 Å². The lowest BCUT2D eigenvalue weighted by molar-refractivity contribution is 0.298. The molecule has 1 N–H and O–H groups in total. The zero-order valence-corrected chi connectivity index (χ0v) is 16.8. The molecule has 0 amide bonds. The van der Waals surface area contributed by atoms with Crippen molar-refractivity contribution in [3.05, 3.63) is 57.1 Å². The first-order chi connectivity index (χ1) is 11.5. The van der Waals surface area contributed by atoms with Crippen LogP contribution in [-0.2, 0) is 13.0 Å². The van der Waals surface area contributed by atoms with Crippen molar-refractivity contribution in [1.29, 1.82) is 0 Å². The van der Waals surface area contributed by atoms with E-state index in [9.17, 15) is 0 Å². The topological polar surface area (TPSA) is 30.5 Å². The smallest absolute Gasteiger partial charge is 0.261 e. The van der Waals surface area contributed by atoms with Gasteiger partial charge in [-0.2, -0.15) is 0 Å². The van der Waals surface area contributed by atoms with Gasteiger partial charge in [0.15, 0.2) is 0 Å². The molecule has 24 heavy (non-hydrogen) atoms. The van der Waals surface area contributed by atoms with Gasteiger partial charge in [-0.25, -0.2) is 0 Å². The molecule has 2 aromatic carbocycles. The van der Waals surface area contributed by atoms with E-state index in [1.54, 1.807) is 7.05 Å². The van der Waals surface area contributed by atoms with Crippen molar-refractivity contribution in [3.63, 3.8) is 0 Å². The summed E-state index contributed by atoms with van der Waals surface area (Å²) in [5.74, 6) is 1.57. The van der Waals surface area contributed by atoms with E-state index in [-0.39, 0.29) is 0 Å². The molecule has 0 spiro atoms. The molecule has 0 radical (unpaired) electrons. The number of hydrogen-bond donors (Lipinski definition) is 1. The molecule has 0 aromatic heterocycles. The molecule has 2 rings (SSSR count). The van der Waals surface area contributed by atoms with Crippen molar-refractivity contribution >= 4 is 33.3 Å². The fourth-order valence-corrected chi connectivity index (χ4v) is 3.01. The largest absolute Gasteiger partial charge is 0.488 e. The van der Waals surface area contributed by atoms with E-state index in [2.05, 4.69) is 54.2 Å². The Hall–Kier alpha value is -1.59. The molecule has 0 aliphatic heterocycles. The lowest BCUT2D eigenvalue weighted by atomic mass is 10.0. The maximum atomic E-state index is 6.07. The van der Waals surface area contributed by atoms with Crippen LogP contribution in [-0.4, -0.2) is 12.2 Å². The molecule has 0 heterocycles. The van der Waals surface area contributed by atoms with Crippen molar-refractivity contribution < 1.29 is 9.47 Å². The molecule has 0 aliphatic rings.